The Labute approximate surface area is 336 Å². The Kier molecular flexibility index (Phi) is 38.7. The normalized spacial score (nSPS) is 13.5. The number of unbranched alkanes of at least 4 members (excludes halogenated alkanes) is 19. The highest BCUT2D eigenvalue weighted by molar-refractivity contribution is 7.46. The lowest BCUT2D eigenvalue weighted by Gasteiger charge is -2.18. The van der Waals surface area contributed by atoms with Crippen molar-refractivity contribution in [2.45, 2.75) is 212 Å². The van der Waals surface area contributed by atoms with Crippen LogP contribution in [0.5, 0.6) is 0 Å². The maximum atomic E-state index is 12.4. The van der Waals surface area contributed by atoms with E-state index in [1.54, 1.807) is 0 Å². The molecular weight excluding hydrogens is 715 g/mol. The highest BCUT2D eigenvalue weighted by Crippen LogP contribution is 2.36. The molecule has 10 heteroatoms. The lowest BCUT2D eigenvalue weighted by molar-refractivity contribution is -0.161. The summed E-state index contributed by atoms with van der Waals surface area (Å²) in [6.45, 7) is 3.46. The zero-order chi connectivity index (χ0) is 40.5. The number of ether oxygens (including phenoxy) is 2. The summed E-state index contributed by atoms with van der Waals surface area (Å²) in [4.78, 5) is 42.9. The van der Waals surface area contributed by atoms with Crippen molar-refractivity contribution < 1.29 is 43.0 Å². The Morgan fingerprint density at radius 2 is 0.982 bits per heavy atom. The van der Waals surface area contributed by atoms with Gasteiger partial charge in [0.05, 0.1) is 12.7 Å². The Morgan fingerprint density at radius 3 is 1.45 bits per heavy atom. The maximum Gasteiger partial charge on any atom is 0.469 e. The van der Waals surface area contributed by atoms with Crippen LogP contribution >= 0.6 is 7.82 Å². The fourth-order valence-electron chi connectivity index (χ4n) is 6.15. The Balaban J connectivity index is 3.98. The third kappa shape index (κ3) is 42.9. The summed E-state index contributed by atoms with van der Waals surface area (Å²) in [5, 5.41) is 9.71. The first kappa shape index (κ1) is 53.0. The summed E-state index contributed by atoms with van der Waals surface area (Å²) in [5.74, 6) is -0.965. The molecule has 0 bridgehead atoms. The highest BCUT2D eigenvalue weighted by atomic mass is 31.2. The van der Waals surface area contributed by atoms with Crippen molar-refractivity contribution in [1.82, 2.24) is 0 Å². The lowest BCUT2D eigenvalue weighted by atomic mass is 10.0. The van der Waals surface area contributed by atoms with Crippen molar-refractivity contribution in [3.8, 4) is 0 Å². The van der Waals surface area contributed by atoms with Gasteiger partial charge in [-0.3, -0.25) is 14.1 Å². The molecule has 3 N–H and O–H groups in total. The van der Waals surface area contributed by atoms with Gasteiger partial charge in [-0.05, 0) is 51.4 Å². The van der Waals surface area contributed by atoms with Gasteiger partial charge in [0.2, 0.25) is 0 Å². The molecule has 0 rings (SSSR count). The second-order valence-electron chi connectivity index (χ2n) is 14.9. The van der Waals surface area contributed by atoms with Crippen molar-refractivity contribution >= 4 is 19.8 Å². The van der Waals surface area contributed by atoms with Crippen LogP contribution in [0.25, 0.3) is 0 Å². The molecule has 0 aromatic heterocycles. The molecule has 0 heterocycles. The van der Waals surface area contributed by atoms with Gasteiger partial charge in [-0.25, -0.2) is 4.57 Å². The average molecular weight is 797 g/mol. The first-order valence-corrected chi connectivity index (χ1v) is 23.5. The smallest absolute Gasteiger partial charge is 0.462 e. The number of hydrogen-bond acceptors (Lipinski definition) is 7. The minimum atomic E-state index is -4.77. The Bertz CT molecular complexity index is 1050. The number of aliphatic hydroxyl groups excluding tert-OH is 1. The third-order valence-corrected chi connectivity index (χ3v) is 9.89. The van der Waals surface area contributed by atoms with Crippen LogP contribution in [0.1, 0.15) is 200 Å². The van der Waals surface area contributed by atoms with Gasteiger partial charge in [-0.2, -0.15) is 0 Å². The van der Waals surface area contributed by atoms with E-state index in [0.717, 1.165) is 51.4 Å². The quantitative estimate of drug-likeness (QED) is 0.0239. The van der Waals surface area contributed by atoms with Crippen LogP contribution in [-0.2, 0) is 28.2 Å². The van der Waals surface area contributed by atoms with Gasteiger partial charge in [0.25, 0.3) is 0 Å². The van der Waals surface area contributed by atoms with E-state index in [-0.39, 0.29) is 25.6 Å². The van der Waals surface area contributed by atoms with Gasteiger partial charge in [-0.1, -0.05) is 184 Å². The number of rotatable bonds is 40. The first-order chi connectivity index (χ1) is 26.7. The third-order valence-electron chi connectivity index (χ3n) is 9.41. The molecule has 2 atom stereocenters. The maximum absolute atomic E-state index is 12.4. The van der Waals surface area contributed by atoms with E-state index in [4.69, 9.17) is 19.3 Å². The van der Waals surface area contributed by atoms with Gasteiger partial charge in [0, 0.05) is 12.8 Å². The molecule has 0 aliphatic carbocycles. The number of allylic oxidation sites excluding steroid dienone is 7. The highest BCUT2D eigenvalue weighted by Gasteiger charge is 2.22. The summed E-state index contributed by atoms with van der Waals surface area (Å²) >= 11 is 0. The van der Waals surface area contributed by atoms with Gasteiger partial charge >= 0.3 is 19.8 Å². The van der Waals surface area contributed by atoms with E-state index in [9.17, 15) is 19.3 Å². The lowest BCUT2D eigenvalue weighted by Crippen LogP contribution is -2.29. The largest absolute Gasteiger partial charge is 0.469 e. The SMILES string of the molecule is CCCCCCCCCCCCCCCCCCCCCC(=O)O[C@H](COC(=O)CCC/C=C\C/C=C\C/C=C\C/C=C\CC(O)CCC)COP(=O)(O)O. The predicted octanol–water partition coefficient (Wildman–Crippen LogP) is 12.5. The van der Waals surface area contributed by atoms with E-state index in [1.165, 1.54) is 96.3 Å². The van der Waals surface area contributed by atoms with Gasteiger partial charge in [0.15, 0.2) is 6.10 Å². The number of carbonyl (C=O) groups excluding carboxylic acids is 2. The molecule has 0 aromatic rings. The zero-order valence-corrected chi connectivity index (χ0v) is 35.8. The molecule has 0 aliphatic rings. The monoisotopic (exact) mass is 797 g/mol. The summed E-state index contributed by atoms with van der Waals surface area (Å²) in [5.41, 5.74) is 0. The van der Waals surface area contributed by atoms with Crippen molar-refractivity contribution in [1.29, 1.82) is 0 Å². The molecule has 9 nitrogen and oxygen atoms in total. The minimum Gasteiger partial charge on any atom is -0.462 e. The second-order valence-corrected chi connectivity index (χ2v) is 16.1. The average Bonchev–Trinajstić information content (AvgIpc) is 3.15. The molecule has 0 aliphatic heterocycles. The molecule has 0 saturated heterocycles. The number of aliphatic hydroxyl groups is 1. The first-order valence-electron chi connectivity index (χ1n) is 22.0. The topological polar surface area (TPSA) is 140 Å². The molecule has 320 valence electrons. The Hall–Kier alpha value is -2.03. The van der Waals surface area contributed by atoms with Crippen LogP contribution in [0.2, 0.25) is 0 Å². The summed E-state index contributed by atoms with van der Waals surface area (Å²) in [6, 6.07) is 0. The molecule has 55 heavy (non-hydrogen) atoms. The summed E-state index contributed by atoms with van der Waals surface area (Å²) in [6.07, 6.45) is 46.2. The van der Waals surface area contributed by atoms with Gasteiger partial charge in [0.1, 0.15) is 6.61 Å². The van der Waals surface area contributed by atoms with E-state index in [1.807, 2.05) is 18.2 Å². The molecule has 0 radical (unpaired) electrons. The van der Waals surface area contributed by atoms with Crippen molar-refractivity contribution in [2.75, 3.05) is 13.2 Å². The molecule has 0 fully saturated rings. The molecule has 0 spiro atoms. The molecular formula is C45H81O9P. The summed E-state index contributed by atoms with van der Waals surface area (Å²) < 4.78 is 26.4. The van der Waals surface area contributed by atoms with Gasteiger partial charge < -0.3 is 24.4 Å². The predicted molar refractivity (Wildman–Crippen MR) is 227 cm³/mol. The minimum absolute atomic E-state index is 0.177. The van der Waals surface area contributed by atoms with Crippen LogP contribution in [0.4, 0.5) is 0 Å². The van der Waals surface area contributed by atoms with Gasteiger partial charge in [-0.15, -0.1) is 0 Å². The van der Waals surface area contributed by atoms with Crippen molar-refractivity contribution in [2.24, 2.45) is 0 Å². The number of hydrogen-bond donors (Lipinski definition) is 3. The van der Waals surface area contributed by atoms with Crippen LogP contribution in [-0.4, -0.2) is 52.3 Å². The van der Waals surface area contributed by atoms with Crippen LogP contribution in [0.3, 0.4) is 0 Å². The standard InChI is InChI=1S/C45H81O9P/c1-3-5-6-7-8-9-10-11-12-13-14-15-16-19-23-26-29-32-35-39-45(48)54-43(41-53-55(49,50)51)40-52-44(47)38-34-31-28-25-22-20-17-18-21-24-27-30-33-37-42(46)36-4-2/h17,20-21,24-25,28,30,33,42-43,46H,3-16,18-19,22-23,26-27,29,31-32,34-41H2,1-2H3,(H2,49,50,51)/b20-17-,24-21-,28-25-,33-30-/t42?,43-/m1/s1. The van der Waals surface area contributed by atoms with E-state index < -0.39 is 32.5 Å². The van der Waals surface area contributed by atoms with Crippen LogP contribution in [0.15, 0.2) is 48.6 Å². The van der Waals surface area contributed by atoms with E-state index in [2.05, 4.69) is 48.8 Å². The van der Waals surface area contributed by atoms with E-state index in [0.29, 0.717) is 25.7 Å². The fourth-order valence-corrected chi connectivity index (χ4v) is 6.51. The molecule has 0 aromatic carbocycles. The molecule has 0 saturated carbocycles. The number of esters is 2. The number of phosphoric ester groups is 1. The van der Waals surface area contributed by atoms with Crippen LogP contribution in [0, 0.1) is 0 Å². The van der Waals surface area contributed by atoms with Crippen LogP contribution < -0.4 is 0 Å². The molecule has 1 unspecified atom stereocenters. The van der Waals surface area contributed by atoms with Crippen molar-refractivity contribution in [3.63, 3.8) is 0 Å². The van der Waals surface area contributed by atoms with Crippen molar-refractivity contribution in [3.05, 3.63) is 48.6 Å². The zero-order valence-electron chi connectivity index (χ0n) is 34.9. The second kappa shape index (κ2) is 40.2. The number of carbonyl (C=O) groups is 2. The Morgan fingerprint density at radius 1 is 0.545 bits per heavy atom. The fraction of sp³-hybridized carbons (Fsp3) is 0.778. The molecule has 0 amide bonds. The van der Waals surface area contributed by atoms with E-state index >= 15 is 0 Å². The summed E-state index contributed by atoms with van der Waals surface area (Å²) in [7, 11) is -4.77. The number of phosphoric acid groups is 1.